The average Bonchev–Trinajstić information content (AvgIpc) is 2.76. The molecule has 0 saturated heterocycles. The fraction of sp³-hybridized carbons (Fsp3) is 0.286. The number of amides is 2. The van der Waals surface area contributed by atoms with E-state index in [0.717, 1.165) is 11.3 Å². The van der Waals surface area contributed by atoms with E-state index in [1.165, 1.54) is 0 Å². The lowest BCUT2D eigenvalue weighted by molar-refractivity contribution is -0.120. The van der Waals surface area contributed by atoms with Crippen molar-refractivity contribution in [1.82, 2.24) is 4.90 Å². The molecule has 0 bridgehead atoms. The Kier molecular flexibility index (Phi) is 5.53. The summed E-state index contributed by atoms with van der Waals surface area (Å²) in [6.07, 6.45) is 0.264. The summed E-state index contributed by atoms with van der Waals surface area (Å²) in [4.78, 5) is 28.7. The molecule has 2 aromatic rings. The fourth-order valence-corrected chi connectivity index (χ4v) is 3.33. The first-order valence-electron chi connectivity index (χ1n) is 8.86. The topological polar surface area (TPSA) is 76.4 Å². The van der Waals surface area contributed by atoms with E-state index < -0.39 is 0 Å². The molecular formula is C21H22N4O2. The lowest BCUT2D eigenvalue weighted by atomic mass is 10.1. The van der Waals surface area contributed by atoms with E-state index in [1.807, 2.05) is 55.3 Å². The minimum Gasteiger partial charge on any atom is -0.324 e. The zero-order valence-electron chi connectivity index (χ0n) is 15.5. The number of likely N-dealkylation sites (N-methyl/N-ethyl adjacent to an activating group) is 1. The van der Waals surface area contributed by atoms with Gasteiger partial charge in [0, 0.05) is 19.0 Å². The Morgan fingerprint density at radius 3 is 2.67 bits per heavy atom. The highest BCUT2D eigenvalue weighted by Crippen LogP contribution is 2.31. The number of anilines is 2. The number of nitriles is 1. The number of hydrogen-bond donors (Lipinski definition) is 1. The molecular weight excluding hydrogens is 340 g/mol. The van der Waals surface area contributed by atoms with Gasteiger partial charge in [0.25, 0.3) is 0 Å². The molecule has 0 unspecified atom stereocenters. The van der Waals surface area contributed by atoms with Crippen LogP contribution in [0.2, 0.25) is 0 Å². The summed E-state index contributed by atoms with van der Waals surface area (Å²) in [6, 6.07) is 16.6. The summed E-state index contributed by atoms with van der Waals surface area (Å²) >= 11 is 0. The molecule has 1 aliphatic rings. The van der Waals surface area contributed by atoms with Crippen LogP contribution in [-0.2, 0) is 16.1 Å². The van der Waals surface area contributed by atoms with Crippen LogP contribution in [0.4, 0.5) is 11.4 Å². The second-order valence-electron chi connectivity index (χ2n) is 6.86. The Bertz CT molecular complexity index is 886. The van der Waals surface area contributed by atoms with Gasteiger partial charge >= 0.3 is 0 Å². The number of fused-ring (bicyclic) bond motifs is 1. The molecule has 0 fully saturated rings. The number of hydrogen-bond acceptors (Lipinski definition) is 4. The van der Waals surface area contributed by atoms with Crippen LogP contribution in [0.1, 0.15) is 24.5 Å². The summed E-state index contributed by atoms with van der Waals surface area (Å²) < 4.78 is 0. The third kappa shape index (κ3) is 4.33. The minimum atomic E-state index is -0.218. The Hall–Kier alpha value is -3.17. The van der Waals surface area contributed by atoms with Crippen LogP contribution in [0.5, 0.6) is 0 Å². The minimum absolute atomic E-state index is 0.0532. The van der Waals surface area contributed by atoms with Gasteiger partial charge in [0.1, 0.15) is 0 Å². The molecule has 3 rings (SSSR count). The van der Waals surface area contributed by atoms with Gasteiger partial charge in [0.05, 0.1) is 29.6 Å². The van der Waals surface area contributed by atoms with Crippen LogP contribution in [0.3, 0.4) is 0 Å². The molecule has 1 aliphatic heterocycles. The van der Waals surface area contributed by atoms with Crippen LogP contribution in [0.15, 0.2) is 48.5 Å². The summed E-state index contributed by atoms with van der Waals surface area (Å²) in [7, 11) is 1.88. The molecule has 27 heavy (non-hydrogen) atoms. The number of carbonyl (C=O) groups is 2. The zero-order valence-corrected chi connectivity index (χ0v) is 15.5. The predicted molar refractivity (Wildman–Crippen MR) is 104 cm³/mol. The van der Waals surface area contributed by atoms with E-state index in [0.29, 0.717) is 17.8 Å². The van der Waals surface area contributed by atoms with Gasteiger partial charge in [0.15, 0.2) is 0 Å². The molecule has 0 radical (unpaired) electrons. The largest absolute Gasteiger partial charge is 0.324 e. The fourth-order valence-electron chi connectivity index (χ4n) is 3.33. The summed E-state index contributed by atoms with van der Waals surface area (Å²) in [5, 5.41) is 11.7. The molecule has 6 heteroatoms. The van der Waals surface area contributed by atoms with Crippen LogP contribution in [0.25, 0.3) is 0 Å². The van der Waals surface area contributed by atoms with Crippen molar-refractivity contribution in [2.75, 3.05) is 23.8 Å². The molecule has 2 amide bonds. The first-order valence-corrected chi connectivity index (χ1v) is 8.86. The molecule has 2 aromatic carbocycles. The third-order valence-corrected chi connectivity index (χ3v) is 4.57. The number of carbonyl (C=O) groups excluding carboxylic acids is 2. The lowest BCUT2D eigenvalue weighted by Gasteiger charge is -2.29. The second-order valence-corrected chi connectivity index (χ2v) is 6.86. The molecule has 1 heterocycles. The molecule has 1 atom stereocenters. The number of para-hydroxylation sites is 2. The first-order chi connectivity index (χ1) is 13.0. The molecule has 0 spiro atoms. The van der Waals surface area contributed by atoms with E-state index in [2.05, 4.69) is 11.4 Å². The van der Waals surface area contributed by atoms with Crippen molar-refractivity contribution >= 4 is 23.2 Å². The second kappa shape index (κ2) is 8.02. The highest BCUT2D eigenvalue weighted by atomic mass is 16.2. The highest BCUT2D eigenvalue weighted by Gasteiger charge is 2.29. The first kappa shape index (κ1) is 18.6. The van der Waals surface area contributed by atoms with Crippen molar-refractivity contribution in [2.45, 2.75) is 25.9 Å². The van der Waals surface area contributed by atoms with Gasteiger partial charge < -0.3 is 10.2 Å². The zero-order chi connectivity index (χ0) is 19.4. The van der Waals surface area contributed by atoms with Crippen molar-refractivity contribution in [1.29, 1.82) is 5.26 Å². The van der Waals surface area contributed by atoms with Gasteiger partial charge in [-0.25, -0.2) is 0 Å². The van der Waals surface area contributed by atoms with Gasteiger partial charge in [-0.1, -0.05) is 24.3 Å². The monoisotopic (exact) mass is 362 g/mol. The molecule has 6 nitrogen and oxygen atoms in total. The molecule has 138 valence electrons. The van der Waals surface area contributed by atoms with Crippen LogP contribution >= 0.6 is 0 Å². The van der Waals surface area contributed by atoms with Crippen molar-refractivity contribution in [3.05, 3.63) is 59.7 Å². The third-order valence-electron chi connectivity index (χ3n) is 4.57. The van der Waals surface area contributed by atoms with Gasteiger partial charge in [-0.2, -0.15) is 5.26 Å². The number of nitrogens with one attached hydrogen (secondary N) is 1. The van der Waals surface area contributed by atoms with E-state index >= 15 is 0 Å². The van der Waals surface area contributed by atoms with Gasteiger partial charge in [-0.15, -0.1) is 0 Å². The van der Waals surface area contributed by atoms with Gasteiger partial charge in [0.2, 0.25) is 11.8 Å². The van der Waals surface area contributed by atoms with Crippen LogP contribution in [0, 0.1) is 11.3 Å². The lowest BCUT2D eigenvalue weighted by Crippen LogP contribution is -2.44. The maximum atomic E-state index is 13.0. The Morgan fingerprint density at radius 1 is 1.26 bits per heavy atom. The van der Waals surface area contributed by atoms with E-state index in [9.17, 15) is 9.59 Å². The summed E-state index contributed by atoms with van der Waals surface area (Å²) in [6.45, 7) is 2.71. The van der Waals surface area contributed by atoms with Crippen molar-refractivity contribution in [2.24, 2.45) is 0 Å². The van der Waals surface area contributed by atoms with Gasteiger partial charge in [-0.3, -0.25) is 14.5 Å². The van der Waals surface area contributed by atoms with E-state index in [1.54, 1.807) is 17.0 Å². The normalized spacial score (nSPS) is 16.3. The smallest absolute Gasteiger partial charge is 0.241 e. The number of rotatable bonds is 4. The van der Waals surface area contributed by atoms with Crippen molar-refractivity contribution in [3.63, 3.8) is 0 Å². The SMILES string of the molecule is C[C@H]1CC(=O)Nc2ccccc2N1C(=O)CN(C)Cc1ccc(C#N)cc1. The highest BCUT2D eigenvalue weighted by molar-refractivity contribution is 6.04. The summed E-state index contributed by atoms with van der Waals surface area (Å²) in [5.74, 6) is -0.140. The summed E-state index contributed by atoms with van der Waals surface area (Å²) in [5.41, 5.74) is 3.04. The maximum Gasteiger partial charge on any atom is 0.241 e. The molecule has 0 saturated carbocycles. The van der Waals surface area contributed by atoms with Crippen molar-refractivity contribution < 1.29 is 9.59 Å². The maximum absolute atomic E-state index is 13.0. The average molecular weight is 362 g/mol. The van der Waals surface area contributed by atoms with E-state index in [4.69, 9.17) is 5.26 Å². The Balaban J connectivity index is 1.74. The number of nitrogens with zero attached hydrogens (tertiary/aromatic N) is 3. The quantitative estimate of drug-likeness (QED) is 0.907. The Labute approximate surface area is 159 Å². The van der Waals surface area contributed by atoms with Crippen LogP contribution in [-0.4, -0.2) is 36.3 Å². The van der Waals surface area contributed by atoms with E-state index in [-0.39, 0.29) is 30.8 Å². The Morgan fingerprint density at radius 2 is 1.96 bits per heavy atom. The predicted octanol–water partition coefficient (Wildman–Crippen LogP) is 2.75. The molecule has 0 aliphatic carbocycles. The standard InChI is InChI=1S/C21H22N4O2/c1-15-11-20(26)23-18-5-3-4-6-19(18)25(15)21(27)14-24(2)13-17-9-7-16(12-22)8-10-17/h3-10,15H,11,13-14H2,1-2H3,(H,23,26)/t15-/m0/s1. The molecule has 1 N–H and O–H groups in total. The molecule has 0 aromatic heterocycles. The number of benzene rings is 2. The van der Waals surface area contributed by atoms with Crippen LogP contribution < -0.4 is 10.2 Å². The van der Waals surface area contributed by atoms with Crippen molar-refractivity contribution in [3.8, 4) is 6.07 Å². The van der Waals surface area contributed by atoms with Gasteiger partial charge in [-0.05, 0) is 43.8 Å².